The first-order valence-corrected chi connectivity index (χ1v) is 10.5. The van der Waals surface area contributed by atoms with E-state index in [1.54, 1.807) is 61.5 Å². The number of hydrogen-bond donors (Lipinski definition) is 2. The molecule has 0 aromatic heterocycles. The number of benzene rings is 3. The summed E-state index contributed by atoms with van der Waals surface area (Å²) in [5, 5.41) is 16.3. The van der Waals surface area contributed by atoms with Crippen molar-refractivity contribution >= 4 is 29.2 Å². The van der Waals surface area contributed by atoms with Crippen molar-refractivity contribution in [2.75, 3.05) is 19.0 Å². The predicted molar refractivity (Wildman–Crippen MR) is 127 cm³/mol. The first-order chi connectivity index (χ1) is 16.8. The minimum absolute atomic E-state index is 0.0351. The molecule has 0 radical (unpaired) electrons. The van der Waals surface area contributed by atoms with Crippen molar-refractivity contribution in [3.05, 3.63) is 99.6 Å². The van der Waals surface area contributed by atoms with Gasteiger partial charge in [0.1, 0.15) is 18.0 Å². The fraction of sp³-hybridized carbons (Fsp3) is 0.160. The highest BCUT2D eigenvalue weighted by molar-refractivity contribution is 5.99. The Labute approximate surface area is 201 Å². The van der Waals surface area contributed by atoms with E-state index in [0.29, 0.717) is 16.9 Å². The Balaban J connectivity index is 1.75. The molecular weight excluding hydrogens is 454 g/mol. The van der Waals surface area contributed by atoms with Gasteiger partial charge in [-0.2, -0.15) is 0 Å². The molecule has 3 rings (SSSR count). The average Bonchev–Trinajstić information content (AvgIpc) is 2.87. The first-order valence-electron chi connectivity index (χ1n) is 10.5. The molecule has 10 nitrogen and oxygen atoms in total. The number of nitrogens with one attached hydrogen (secondary N) is 2. The lowest BCUT2D eigenvalue weighted by Crippen LogP contribution is -2.34. The van der Waals surface area contributed by atoms with Gasteiger partial charge in [-0.3, -0.25) is 24.5 Å². The SMILES string of the molecule is COc1ccccc1C(=O)NCC(=O)OC(C(=O)Nc1ccc(C)cc1[N+](=O)[O-])c1ccccc1. The second-order valence-corrected chi connectivity index (χ2v) is 7.43. The molecule has 0 aliphatic rings. The number of para-hydroxylation sites is 1. The van der Waals surface area contributed by atoms with Gasteiger partial charge in [0.2, 0.25) is 6.10 Å². The molecule has 180 valence electrons. The number of aryl methyl sites for hydroxylation is 1. The van der Waals surface area contributed by atoms with Gasteiger partial charge < -0.3 is 20.1 Å². The maximum atomic E-state index is 13.0. The lowest BCUT2D eigenvalue weighted by molar-refractivity contribution is -0.384. The Morgan fingerprint density at radius 2 is 1.69 bits per heavy atom. The zero-order valence-electron chi connectivity index (χ0n) is 19.0. The van der Waals surface area contributed by atoms with Gasteiger partial charge in [0.05, 0.1) is 17.6 Å². The number of hydrogen-bond acceptors (Lipinski definition) is 7. The second-order valence-electron chi connectivity index (χ2n) is 7.43. The van der Waals surface area contributed by atoms with Gasteiger partial charge in [0.15, 0.2) is 0 Å². The number of esters is 1. The molecule has 0 saturated carbocycles. The van der Waals surface area contributed by atoms with E-state index in [2.05, 4.69) is 10.6 Å². The summed E-state index contributed by atoms with van der Waals surface area (Å²) < 4.78 is 10.5. The summed E-state index contributed by atoms with van der Waals surface area (Å²) in [6, 6.07) is 19.0. The van der Waals surface area contributed by atoms with Crippen LogP contribution in [0.5, 0.6) is 5.75 Å². The van der Waals surface area contributed by atoms with Crippen LogP contribution in [0.25, 0.3) is 0 Å². The molecule has 3 aromatic carbocycles. The number of nitrogens with zero attached hydrogens (tertiary/aromatic N) is 1. The Morgan fingerprint density at radius 3 is 2.37 bits per heavy atom. The second kappa shape index (κ2) is 11.4. The van der Waals surface area contributed by atoms with E-state index in [1.165, 1.54) is 25.3 Å². The maximum Gasteiger partial charge on any atom is 0.326 e. The maximum absolute atomic E-state index is 13.0. The molecule has 3 aromatic rings. The number of nitro benzene ring substituents is 1. The van der Waals surface area contributed by atoms with Crippen LogP contribution >= 0.6 is 0 Å². The summed E-state index contributed by atoms with van der Waals surface area (Å²) in [6.07, 6.45) is -1.41. The van der Waals surface area contributed by atoms with Gasteiger partial charge in [0.25, 0.3) is 17.5 Å². The van der Waals surface area contributed by atoms with Gasteiger partial charge in [-0.25, -0.2) is 0 Å². The molecule has 0 aliphatic heterocycles. The van der Waals surface area contributed by atoms with E-state index < -0.39 is 35.4 Å². The molecule has 2 amide bonds. The number of amides is 2. The molecule has 1 unspecified atom stereocenters. The highest BCUT2D eigenvalue weighted by Gasteiger charge is 2.27. The van der Waals surface area contributed by atoms with Crippen molar-refractivity contribution in [1.82, 2.24) is 5.32 Å². The zero-order chi connectivity index (χ0) is 25.4. The number of carbonyl (C=O) groups excluding carboxylic acids is 3. The summed E-state index contributed by atoms with van der Waals surface area (Å²) in [4.78, 5) is 48.8. The Hall–Kier alpha value is -4.73. The van der Waals surface area contributed by atoms with Crippen molar-refractivity contribution in [2.45, 2.75) is 13.0 Å². The van der Waals surface area contributed by atoms with Crippen molar-refractivity contribution in [2.24, 2.45) is 0 Å². The number of methoxy groups -OCH3 is 1. The standard InChI is InChI=1S/C25H23N3O7/c1-16-12-13-19(20(14-16)28(32)33)27-25(31)23(17-8-4-3-5-9-17)35-22(29)15-26-24(30)18-10-6-7-11-21(18)34-2/h3-14,23H,15H2,1-2H3,(H,26,30)(H,27,31). The van der Waals surface area contributed by atoms with Crippen LogP contribution in [0.2, 0.25) is 0 Å². The highest BCUT2D eigenvalue weighted by Crippen LogP contribution is 2.27. The lowest BCUT2D eigenvalue weighted by atomic mass is 10.1. The van der Waals surface area contributed by atoms with Crippen LogP contribution < -0.4 is 15.4 Å². The molecule has 2 N–H and O–H groups in total. The lowest BCUT2D eigenvalue weighted by Gasteiger charge is -2.18. The molecule has 0 spiro atoms. The number of anilines is 1. The monoisotopic (exact) mass is 477 g/mol. The summed E-state index contributed by atoms with van der Waals surface area (Å²) in [5.74, 6) is -1.89. The van der Waals surface area contributed by atoms with E-state index in [4.69, 9.17) is 9.47 Å². The minimum Gasteiger partial charge on any atom is -0.496 e. The van der Waals surface area contributed by atoms with E-state index in [0.717, 1.165) is 0 Å². The molecule has 0 heterocycles. The topological polar surface area (TPSA) is 137 Å². The van der Waals surface area contributed by atoms with Crippen molar-refractivity contribution in [3.8, 4) is 5.75 Å². The highest BCUT2D eigenvalue weighted by atomic mass is 16.6. The van der Waals surface area contributed by atoms with Gasteiger partial charge in [0, 0.05) is 11.6 Å². The fourth-order valence-electron chi connectivity index (χ4n) is 3.25. The minimum atomic E-state index is -1.41. The van der Waals surface area contributed by atoms with Crippen LogP contribution in [-0.4, -0.2) is 36.4 Å². The average molecular weight is 477 g/mol. The van der Waals surface area contributed by atoms with Crippen LogP contribution in [0.3, 0.4) is 0 Å². The number of ether oxygens (including phenoxy) is 2. The molecule has 0 bridgehead atoms. The zero-order valence-corrected chi connectivity index (χ0v) is 19.0. The molecule has 10 heteroatoms. The summed E-state index contributed by atoms with van der Waals surface area (Å²) in [5.41, 5.74) is 0.898. The molecular formula is C25H23N3O7. The van der Waals surface area contributed by atoms with Crippen molar-refractivity contribution < 1.29 is 28.8 Å². The Kier molecular flexibility index (Phi) is 8.12. The number of carbonyl (C=O) groups is 3. The van der Waals surface area contributed by atoms with Crippen LogP contribution in [0, 0.1) is 17.0 Å². The van der Waals surface area contributed by atoms with E-state index >= 15 is 0 Å². The third-order valence-corrected chi connectivity index (χ3v) is 4.94. The fourth-order valence-corrected chi connectivity index (χ4v) is 3.25. The van der Waals surface area contributed by atoms with Crippen LogP contribution in [0.15, 0.2) is 72.8 Å². The Bertz CT molecular complexity index is 1240. The molecule has 1 atom stereocenters. The summed E-state index contributed by atoms with van der Waals surface area (Å²) >= 11 is 0. The van der Waals surface area contributed by atoms with Crippen LogP contribution in [-0.2, 0) is 14.3 Å². The number of rotatable bonds is 9. The first kappa shape index (κ1) is 24.9. The summed E-state index contributed by atoms with van der Waals surface area (Å²) in [6.45, 7) is 1.17. The summed E-state index contributed by atoms with van der Waals surface area (Å²) in [7, 11) is 1.42. The van der Waals surface area contributed by atoms with E-state index in [-0.39, 0.29) is 16.9 Å². The Morgan fingerprint density at radius 1 is 1.00 bits per heavy atom. The molecule has 0 saturated heterocycles. The van der Waals surface area contributed by atoms with Crippen molar-refractivity contribution in [3.63, 3.8) is 0 Å². The third kappa shape index (κ3) is 6.41. The smallest absolute Gasteiger partial charge is 0.326 e. The quantitative estimate of drug-likeness (QED) is 0.273. The van der Waals surface area contributed by atoms with Gasteiger partial charge in [-0.1, -0.05) is 48.5 Å². The van der Waals surface area contributed by atoms with E-state index in [1.807, 2.05) is 0 Å². The molecule has 0 fully saturated rings. The largest absolute Gasteiger partial charge is 0.496 e. The number of nitro groups is 1. The van der Waals surface area contributed by atoms with Gasteiger partial charge in [-0.05, 0) is 30.7 Å². The van der Waals surface area contributed by atoms with Crippen LogP contribution in [0.4, 0.5) is 11.4 Å². The third-order valence-electron chi connectivity index (χ3n) is 4.94. The van der Waals surface area contributed by atoms with Gasteiger partial charge in [-0.15, -0.1) is 0 Å². The normalized spacial score (nSPS) is 11.1. The van der Waals surface area contributed by atoms with Crippen molar-refractivity contribution in [1.29, 1.82) is 0 Å². The molecule has 35 heavy (non-hydrogen) atoms. The van der Waals surface area contributed by atoms with E-state index in [9.17, 15) is 24.5 Å². The molecule has 0 aliphatic carbocycles. The predicted octanol–water partition coefficient (Wildman–Crippen LogP) is 3.56. The van der Waals surface area contributed by atoms with Gasteiger partial charge >= 0.3 is 5.97 Å². The van der Waals surface area contributed by atoms with Crippen LogP contribution in [0.1, 0.15) is 27.6 Å².